The smallest absolute Gasteiger partial charge is 0.239 e. The summed E-state index contributed by atoms with van der Waals surface area (Å²) in [5.74, 6) is 0.832. The van der Waals surface area contributed by atoms with Crippen LogP contribution < -0.4 is 10.1 Å². The van der Waals surface area contributed by atoms with Crippen molar-refractivity contribution in [2.24, 2.45) is 0 Å². The van der Waals surface area contributed by atoms with Gasteiger partial charge in [0.2, 0.25) is 17.7 Å². The van der Waals surface area contributed by atoms with Gasteiger partial charge in [0.1, 0.15) is 11.5 Å². The molecule has 1 fully saturated rings. The highest BCUT2D eigenvalue weighted by molar-refractivity contribution is 5.85. The maximum absolute atomic E-state index is 13.4. The molecule has 244 valence electrons. The molecule has 0 radical (unpaired) electrons. The molecule has 1 aromatic heterocycles. The van der Waals surface area contributed by atoms with Crippen LogP contribution in [-0.4, -0.2) is 101 Å². The molecule has 4 bridgehead atoms. The van der Waals surface area contributed by atoms with Gasteiger partial charge in [-0.05, 0) is 73.8 Å². The fourth-order valence-electron chi connectivity index (χ4n) is 5.80. The summed E-state index contributed by atoms with van der Waals surface area (Å²) in [6, 6.07) is 20.6. The lowest BCUT2D eigenvalue weighted by Crippen LogP contribution is -2.59. The molecule has 0 aliphatic carbocycles. The minimum absolute atomic E-state index is 0.0434. The first-order chi connectivity index (χ1) is 22.4. The molecule has 4 heterocycles. The van der Waals surface area contributed by atoms with Crippen LogP contribution in [0.25, 0.3) is 0 Å². The number of nitrogens with zero attached hydrogens (tertiary/aromatic N) is 4. The van der Waals surface area contributed by atoms with Gasteiger partial charge in [-0.25, -0.2) is 0 Å². The number of aliphatic hydroxyl groups excluding tert-OH is 1. The van der Waals surface area contributed by atoms with Crippen molar-refractivity contribution in [1.82, 2.24) is 25.0 Å². The van der Waals surface area contributed by atoms with Crippen molar-refractivity contribution < 1.29 is 29.0 Å². The zero-order chi connectivity index (χ0) is 32.3. The van der Waals surface area contributed by atoms with Crippen molar-refractivity contribution in [3.05, 3.63) is 89.7 Å². The van der Waals surface area contributed by atoms with Crippen molar-refractivity contribution >= 4 is 17.7 Å². The number of rotatable bonds is 7. The molecule has 6 rings (SSSR count). The largest absolute Gasteiger partial charge is 0.457 e. The molecule has 11 heteroatoms. The van der Waals surface area contributed by atoms with E-state index >= 15 is 0 Å². The van der Waals surface area contributed by atoms with Gasteiger partial charge in [0.05, 0.1) is 37.5 Å². The van der Waals surface area contributed by atoms with Crippen LogP contribution in [0.2, 0.25) is 0 Å². The van der Waals surface area contributed by atoms with E-state index in [0.717, 1.165) is 16.8 Å². The second-order valence-corrected chi connectivity index (χ2v) is 11.9. The molecule has 3 aliphatic heterocycles. The third kappa shape index (κ3) is 9.59. The number of likely N-dealkylation sites (N-methyl/N-ethyl adjacent to an activating group) is 1. The number of carbonyl (C=O) groups is 3. The van der Waals surface area contributed by atoms with Crippen molar-refractivity contribution in [1.29, 1.82) is 0 Å². The van der Waals surface area contributed by atoms with Gasteiger partial charge in [0.25, 0.3) is 0 Å². The van der Waals surface area contributed by atoms with Crippen LogP contribution in [0, 0.1) is 0 Å². The summed E-state index contributed by atoms with van der Waals surface area (Å²) < 4.78 is 12.5. The summed E-state index contributed by atoms with van der Waals surface area (Å²) >= 11 is 0. The zero-order valence-electron chi connectivity index (χ0n) is 26.3. The van der Waals surface area contributed by atoms with E-state index < -0.39 is 6.04 Å². The average molecular weight is 630 g/mol. The predicted molar refractivity (Wildman–Crippen MR) is 172 cm³/mol. The number of aromatic nitrogens is 1. The maximum Gasteiger partial charge on any atom is 0.239 e. The Morgan fingerprint density at radius 3 is 2.67 bits per heavy atom. The van der Waals surface area contributed by atoms with Crippen LogP contribution in [0.3, 0.4) is 0 Å². The summed E-state index contributed by atoms with van der Waals surface area (Å²) in [5.41, 5.74) is 2.78. The number of likely N-dealkylation sites (tertiary alicyclic amines) is 1. The first-order valence-corrected chi connectivity index (χ1v) is 15.9. The molecule has 3 aromatic rings. The van der Waals surface area contributed by atoms with Crippen molar-refractivity contribution in [3.8, 4) is 11.5 Å². The van der Waals surface area contributed by atoms with Crippen LogP contribution in [0.1, 0.15) is 36.1 Å². The van der Waals surface area contributed by atoms with Crippen LogP contribution in [0.5, 0.6) is 11.5 Å². The van der Waals surface area contributed by atoms with Gasteiger partial charge in [0, 0.05) is 45.4 Å². The Balaban J connectivity index is 1.32. The maximum atomic E-state index is 13.4. The number of hydrogen-bond donors (Lipinski definition) is 2. The Hall–Kier alpha value is -4.32. The fraction of sp³-hybridized carbons (Fsp3) is 0.429. The third-order valence-corrected chi connectivity index (χ3v) is 8.23. The SMILES string of the molecule is CN(CC(=O)N1CC[C@@H]2OCc3cccc(c3)Oc3ccc(cc3)CCC(=O)N(CCCO)CC(=O)N[C@H]2C1)Cc1ccccn1. The van der Waals surface area contributed by atoms with Gasteiger partial charge in [-0.3, -0.25) is 24.3 Å². The molecule has 3 aliphatic rings. The Morgan fingerprint density at radius 1 is 1.04 bits per heavy atom. The second-order valence-electron chi connectivity index (χ2n) is 11.9. The van der Waals surface area contributed by atoms with E-state index in [1.54, 1.807) is 11.1 Å². The molecule has 3 amide bonds. The van der Waals surface area contributed by atoms with E-state index in [1.807, 2.05) is 78.7 Å². The molecular formula is C35H43N5O6. The average Bonchev–Trinajstić information content (AvgIpc) is 3.05. The number of hydrogen-bond acceptors (Lipinski definition) is 8. The summed E-state index contributed by atoms with van der Waals surface area (Å²) in [7, 11) is 1.88. The van der Waals surface area contributed by atoms with Gasteiger partial charge in [-0.15, -0.1) is 0 Å². The predicted octanol–water partition coefficient (Wildman–Crippen LogP) is 2.77. The highest BCUT2D eigenvalue weighted by Crippen LogP contribution is 2.25. The molecule has 0 saturated carbocycles. The van der Waals surface area contributed by atoms with Crippen molar-refractivity contribution in [3.63, 3.8) is 0 Å². The Morgan fingerprint density at radius 2 is 1.89 bits per heavy atom. The molecule has 2 atom stereocenters. The first kappa shape index (κ1) is 33.1. The normalized spacial score (nSPS) is 19.5. The number of aryl methyl sites for hydroxylation is 1. The molecule has 0 unspecified atom stereocenters. The quantitative estimate of drug-likeness (QED) is 0.409. The number of pyridine rings is 1. The van der Waals surface area contributed by atoms with Gasteiger partial charge in [0.15, 0.2) is 0 Å². The third-order valence-electron chi connectivity index (χ3n) is 8.23. The summed E-state index contributed by atoms with van der Waals surface area (Å²) in [4.78, 5) is 49.6. The molecule has 1 saturated heterocycles. The van der Waals surface area contributed by atoms with E-state index in [-0.39, 0.29) is 63.0 Å². The lowest BCUT2D eigenvalue weighted by atomic mass is 10.0. The van der Waals surface area contributed by atoms with Gasteiger partial charge in [-0.1, -0.05) is 30.3 Å². The molecule has 11 nitrogen and oxygen atoms in total. The number of aliphatic hydroxyl groups is 1. The fourth-order valence-corrected chi connectivity index (χ4v) is 5.80. The first-order valence-electron chi connectivity index (χ1n) is 15.9. The van der Waals surface area contributed by atoms with Gasteiger partial charge in [-0.2, -0.15) is 0 Å². The number of nitrogens with one attached hydrogen (secondary N) is 1. The van der Waals surface area contributed by atoms with E-state index in [0.29, 0.717) is 50.5 Å². The van der Waals surface area contributed by atoms with E-state index in [1.165, 1.54) is 4.90 Å². The summed E-state index contributed by atoms with van der Waals surface area (Å²) in [5, 5.41) is 12.5. The highest BCUT2D eigenvalue weighted by Gasteiger charge is 2.34. The monoisotopic (exact) mass is 629 g/mol. The van der Waals surface area contributed by atoms with E-state index in [4.69, 9.17) is 9.47 Å². The van der Waals surface area contributed by atoms with Crippen LogP contribution in [-0.2, 0) is 38.7 Å². The number of amides is 3. The Labute approximate surface area is 270 Å². The number of ether oxygens (including phenoxy) is 2. The molecule has 2 aromatic carbocycles. The standard InChI is InChI=1S/C35H43N5O6/c1-38(21-28-7-2-3-16-36-28)24-35(44)40-18-15-32-31(22-40)37-33(42)23-39(17-5-19-41)34(43)14-11-26-9-12-29(13-10-26)46-30-8-4-6-27(20-30)25-45-32/h2-4,6-10,12-13,16,20,31-32,41H,5,11,14-15,17-19,21-25H2,1H3,(H,37,42)/t31-,32-/m0/s1. The van der Waals surface area contributed by atoms with Gasteiger partial charge < -0.3 is 29.7 Å². The molecule has 46 heavy (non-hydrogen) atoms. The lowest BCUT2D eigenvalue weighted by molar-refractivity contribution is -0.139. The Bertz CT molecular complexity index is 1450. The minimum atomic E-state index is -0.474. The second kappa shape index (κ2) is 16.3. The van der Waals surface area contributed by atoms with E-state index in [2.05, 4.69) is 10.3 Å². The lowest BCUT2D eigenvalue weighted by Gasteiger charge is -2.39. The topological polar surface area (TPSA) is 125 Å². The van der Waals surface area contributed by atoms with Crippen molar-refractivity contribution in [2.45, 2.75) is 51.0 Å². The molecule has 0 spiro atoms. The highest BCUT2D eigenvalue weighted by atomic mass is 16.5. The van der Waals surface area contributed by atoms with Gasteiger partial charge >= 0.3 is 0 Å². The van der Waals surface area contributed by atoms with E-state index in [9.17, 15) is 19.5 Å². The number of fused-ring (bicyclic) bond motifs is 9. The van der Waals surface area contributed by atoms with Crippen molar-refractivity contribution in [2.75, 3.05) is 46.4 Å². The Kier molecular flexibility index (Phi) is 11.7. The zero-order valence-corrected chi connectivity index (χ0v) is 26.3. The number of piperidine rings is 1. The summed E-state index contributed by atoms with van der Waals surface area (Å²) in [6.45, 7) is 1.87. The summed E-state index contributed by atoms with van der Waals surface area (Å²) in [6.07, 6.45) is 3.03. The van der Waals surface area contributed by atoms with Crippen LogP contribution >= 0.6 is 0 Å². The number of benzene rings is 2. The number of carbonyl (C=O) groups excluding carboxylic acids is 3. The van der Waals surface area contributed by atoms with Crippen LogP contribution in [0.15, 0.2) is 72.9 Å². The minimum Gasteiger partial charge on any atom is -0.457 e. The van der Waals surface area contributed by atoms with Crippen LogP contribution in [0.4, 0.5) is 0 Å². The molecular weight excluding hydrogens is 586 g/mol. The molecule has 2 N–H and O–H groups in total.